The molecule has 0 aliphatic rings. The smallest absolute Gasteiger partial charge is 0.410 e. The largest absolute Gasteiger partial charge is 0.496 e. The molecule has 0 spiro atoms. The van der Waals surface area contributed by atoms with Crippen molar-refractivity contribution in [3.63, 3.8) is 0 Å². The summed E-state index contributed by atoms with van der Waals surface area (Å²) in [7, 11) is 3.03. The highest BCUT2D eigenvalue weighted by Gasteiger charge is 2.28. The Kier molecular flexibility index (Phi) is 7.27. The lowest BCUT2D eigenvalue weighted by Crippen LogP contribution is -2.37. The molecule has 0 saturated carbocycles. The highest BCUT2D eigenvalue weighted by Crippen LogP contribution is 2.33. The number of aryl methyl sites for hydroxylation is 1. The van der Waals surface area contributed by atoms with Crippen LogP contribution in [-0.4, -0.2) is 51.9 Å². The van der Waals surface area contributed by atoms with E-state index in [4.69, 9.17) is 19.9 Å². The fourth-order valence-corrected chi connectivity index (χ4v) is 2.93. The maximum absolute atomic E-state index is 13.0. The number of benzene rings is 1. The summed E-state index contributed by atoms with van der Waals surface area (Å²) in [6.45, 7) is 6.91. The molecule has 0 aliphatic heterocycles. The molecule has 0 bridgehead atoms. The van der Waals surface area contributed by atoms with Crippen LogP contribution in [-0.2, 0) is 17.8 Å². The number of hydrogen-bond donors (Lipinski definition) is 2. The SMILES string of the molecule is COc1cc(C)cc(OC)c1CN(Cc1c(N)ncnc1C(=O)O)C(=O)OC(C)(C)C. The van der Waals surface area contributed by atoms with Crippen LogP contribution in [0.15, 0.2) is 18.5 Å². The second-order valence-electron chi connectivity index (χ2n) is 7.88. The van der Waals surface area contributed by atoms with E-state index in [1.165, 1.54) is 19.1 Å². The van der Waals surface area contributed by atoms with Gasteiger partial charge in [0.05, 0.1) is 32.9 Å². The molecule has 10 heteroatoms. The zero-order chi connectivity index (χ0) is 23.3. The Bertz CT molecular complexity index is 946. The molecule has 10 nitrogen and oxygen atoms in total. The maximum Gasteiger partial charge on any atom is 0.410 e. The van der Waals surface area contributed by atoms with Gasteiger partial charge in [-0.3, -0.25) is 4.90 Å². The summed E-state index contributed by atoms with van der Waals surface area (Å²) in [5.74, 6) is -0.287. The minimum absolute atomic E-state index is 0.00886. The molecule has 1 heterocycles. The van der Waals surface area contributed by atoms with Gasteiger partial charge in [-0.1, -0.05) is 0 Å². The van der Waals surface area contributed by atoms with Gasteiger partial charge >= 0.3 is 12.1 Å². The number of carboxylic acid groups (broad SMARTS) is 1. The molecule has 0 saturated heterocycles. The Hall–Kier alpha value is -3.56. The van der Waals surface area contributed by atoms with E-state index in [9.17, 15) is 14.7 Å². The fraction of sp³-hybridized carbons (Fsp3) is 0.429. The Morgan fingerprint density at radius 2 is 1.61 bits per heavy atom. The number of nitrogens with zero attached hydrogens (tertiary/aromatic N) is 3. The second-order valence-corrected chi connectivity index (χ2v) is 7.88. The molecule has 2 rings (SSSR count). The first-order valence-electron chi connectivity index (χ1n) is 9.49. The van der Waals surface area contributed by atoms with E-state index in [1.54, 1.807) is 20.8 Å². The number of anilines is 1. The van der Waals surface area contributed by atoms with Crippen LogP contribution >= 0.6 is 0 Å². The molecule has 1 aromatic carbocycles. The van der Waals surface area contributed by atoms with Crippen molar-refractivity contribution in [2.45, 2.75) is 46.4 Å². The minimum Gasteiger partial charge on any atom is -0.496 e. The molecule has 0 unspecified atom stereocenters. The van der Waals surface area contributed by atoms with Crippen molar-refractivity contribution < 1.29 is 28.9 Å². The fourth-order valence-electron chi connectivity index (χ4n) is 2.93. The van der Waals surface area contributed by atoms with Gasteiger partial charge in [-0.25, -0.2) is 19.6 Å². The first-order valence-corrected chi connectivity index (χ1v) is 9.49. The van der Waals surface area contributed by atoms with Crippen molar-refractivity contribution in [1.82, 2.24) is 14.9 Å². The van der Waals surface area contributed by atoms with E-state index in [2.05, 4.69) is 9.97 Å². The van der Waals surface area contributed by atoms with E-state index < -0.39 is 17.7 Å². The van der Waals surface area contributed by atoms with Crippen molar-refractivity contribution in [2.75, 3.05) is 20.0 Å². The molecule has 168 valence electrons. The van der Waals surface area contributed by atoms with Crippen molar-refractivity contribution in [1.29, 1.82) is 0 Å². The number of carbonyl (C=O) groups is 2. The molecule has 0 atom stereocenters. The summed E-state index contributed by atoms with van der Waals surface area (Å²) in [5.41, 5.74) is 6.46. The quantitative estimate of drug-likeness (QED) is 0.676. The first-order chi connectivity index (χ1) is 14.5. The summed E-state index contributed by atoms with van der Waals surface area (Å²) in [4.78, 5) is 33.6. The first kappa shape index (κ1) is 23.7. The average Bonchev–Trinajstić information content (AvgIpc) is 2.67. The molecule has 1 amide bonds. The highest BCUT2D eigenvalue weighted by molar-refractivity contribution is 5.88. The molecule has 0 fully saturated rings. The van der Waals surface area contributed by atoms with E-state index in [0.29, 0.717) is 17.1 Å². The Morgan fingerprint density at radius 3 is 2.10 bits per heavy atom. The van der Waals surface area contributed by atoms with E-state index in [-0.39, 0.29) is 30.2 Å². The van der Waals surface area contributed by atoms with Crippen LogP contribution in [0.3, 0.4) is 0 Å². The molecule has 31 heavy (non-hydrogen) atoms. The number of hydrogen-bond acceptors (Lipinski definition) is 8. The molecule has 3 N–H and O–H groups in total. The average molecular weight is 432 g/mol. The van der Waals surface area contributed by atoms with Crippen LogP contribution in [0.2, 0.25) is 0 Å². The highest BCUT2D eigenvalue weighted by atomic mass is 16.6. The third-order valence-corrected chi connectivity index (χ3v) is 4.28. The van der Waals surface area contributed by atoms with Gasteiger partial charge in [0.1, 0.15) is 29.2 Å². The molecule has 0 aliphatic carbocycles. The van der Waals surface area contributed by atoms with E-state index in [1.807, 2.05) is 19.1 Å². The monoisotopic (exact) mass is 432 g/mol. The number of nitrogens with two attached hydrogens (primary N) is 1. The molecule has 2 aromatic rings. The van der Waals surface area contributed by atoms with Crippen molar-refractivity contribution in [2.24, 2.45) is 0 Å². The van der Waals surface area contributed by atoms with E-state index in [0.717, 1.165) is 11.9 Å². The van der Waals surface area contributed by atoms with E-state index >= 15 is 0 Å². The van der Waals surface area contributed by atoms with Crippen LogP contribution in [0.1, 0.15) is 48.0 Å². The van der Waals surface area contributed by atoms with Gasteiger partial charge in [-0.15, -0.1) is 0 Å². The van der Waals surface area contributed by atoms with Crippen LogP contribution in [0.4, 0.5) is 10.6 Å². The third kappa shape index (κ3) is 5.97. The number of amides is 1. The van der Waals surface area contributed by atoms with Gasteiger partial charge in [-0.2, -0.15) is 0 Å². The number of nitrogen functional groups attached to an aromatic ring is 1. The van der Waals surface area contributed by atoms with Crippen LogP contribution in [0, 0.1) is 6.92 Å². The number of ether oxygens (including phenoxy) is 3. The lowest BCUT2D eigenvalue weighted by atomic mass is 10.1. The zero-order valence-electron chi connectivity index (χ0n) is 18.6. The Morgan fingerprint density at radius 1 is 1.06 bits per heavy atom. The van der Waals surface area contributed by atoms with Gasteiger partial charge in [0, 0.05) is 5.56 Å². The molecular weight excluding hydrogens is 404 g/mol. The summed E-state index contributed by atoms with van der Waals surface area (Å²) in [6, 6.07) is 3.63. The molecule has 0 radical (unpaired) electrons. The van der Waals surface area contributed by atoms with Gasteiger partial charge < -0.3 is 25.1 Å². The predicted molar refractivity (Wildman–Crippen MR) is 113 cm³/mol. The lowest BCUT2D eigenvalue weighted by molar-refractivity contribution is 0.0212. The van der Waals surface area contributed by atoms with Crippen LogP contribution in [0.25, 0.3) is 0 Å². The summed E-state index contributed by atoms with van der Waals surface area (Å²) >= 11 is 0. The number of aromatic carboxylic acids is 1. The van der Waals surface area contributed by atoms with Crippen LogP contribution in [0.5, 0.6) is 11.5 Å². The normalized spacial score (nSPS) is 11.0. The predicted octanol–water partition coefficient (Wildman–Crippen LogP) is 3.02. The zero-order valence-corrected chi connectivity index (χ0v) is 18.6. The van der Waals surface area contributed by atoms with Crippen molar-refractivity contribution in [3.05, 3.63) is 40.8 Å². The van der Waals surface area contributed by atoms with Gasteiger partial charge in [0.15, 0.2) is 5.69 Å². The maximum atomic E-state index is 13.0. The van der Waals surface area contributed by atoms with Gasteiger partial charge in [0.2, 0.25) is 0 Å². The number of aromatic nitrogens is 2. The second kappa shape index (κ2) is 9.50. The topological polar surface area (TPSA) is 137 Å². The summed E-state index contributed by atoms with van der Waals surface area (Å²) < 4.78 is 16.5. The molecular formula is C21H28N4O6. The van der Waals surface area contributed by atoms with Gasteiger partial charge in [-0.05, 0) is 45.4 Å². The van der Waals surface area contributed by atoms with Crippen molar-refractivity contribution >= 4 is 17.9 Å². The van der Waals surface area contributed by atoms with Crippen molar-refractivity contribution in [3.8, 4) is 11.5 Å². The Balaban J connectivity index is 2.54. The summed E-state index contributed by atoms with van der Waals surface area (Å²) in [5, 5.41) is 9.49. The molecule has 1 aromatic heterocycles. The number of carbonyl (C=O) groups excluding carboxylic acids is 1. The van der Waals surface area contributed by atoms with Gasteiger partial charge in [0.25, 0.3) is 0 Å². The lowest BCUT2D eigenvalue weighted by Gasteiger charge is -2.29. The summed E-state index contributed by atoms with van der Waals surface area (Å²) in [6.07, 6.45) is 0.392. The number of rotatable bonds is 7. The third-order valence-electron chi connectivity index (χ3n) is 4.28. The minimum atomic E-state index is -1.28. The number of methoxy groups -OCH3 is 2. The Labute approximate surface area is 180 Å². The standard InChI is InChI=1S/C21H28N4O6/c1-12-7-15(29-5)13(16(8-12)30-6)9-25(20(28)31-21(2,3)4)10-14-17(19(26)27)23-11-24-18(14)22/h7-8,11H,9-10H2,1-6H3,(H,26,27)(H2,22,23,24). The van der Waals surface area contributed by atoms with Crippen LogP contribution < -0.4 is 15.2 Å². The number of carboxylic acids is 1.